The Labute approximate surface area is 166 Å². The second kappa shape index (κ2) is 6.55. The molecule has 4 nitrogen and oxygen atoms in total. The van der Waals surface area contributed by atoms with Gasteiger partial charge in [0.1, 0.15) is 0 Å². The van der Waals surface area contributed by atoms with Gasteiger partial charge in [-0.25, -0.2) is 9.13 Å². The van der Waals surface area contributed by atoms with Gasteiger partial charge in [-0.3, -0.25) is 0 Å². The Morgan fingerprint density at radius 1 is 1.11 bits per heavy atom. The Morgan fingerprint density at radius 2 is 1.96 bits per heavy atom. The Morgan fingerprint density at radius 3 is 2.79 bits per heavy atom. The molecule has 0 saturated carbocycles. The second-order valence-electron chi connectivity index (χ2n) is 7.47. The first-order valence-electron chi connectivity index (χ1n) is 10.2. The van der Waals surface area contributed by atoms with Crippen molar-refractivity contribution in [3.05, 3.63) is 71.9 Å². The third-order valence-electron chi connectivity index (χ3n) is 5.81. The molecule has 0 radical (unpaired) electrons. The maximum absolute atomic E-state index is 6.16. The van der Waals surface area contributed by atoms with Crippen LogP contribution in [0.2, 0.25) is 0 Å². The highest BCUT2D eigenvalue weighted by molar-refractivity contribution is 5.78. The highest BCUT2D eigenvalue weighted by Gasteiger charge is 2.32. The van der Waals surface area contributed by atoms with Gasteiger partial charge in [0.2, 0.25) is 5.88 Å². The molecule has 0 unspecified atom stereocenters. The molecule has 4 heteroatoms. The molecule has 0 saturated heterocycles. The van der Waals surface area contributed by atoms with Crippen LogP contribution in [0.25, 0.3) is 16.6 Å². The van der Waals surface area contributed by atoms with Gasteiger partial charge in [-0.1, -0.05) is 18.2 Å². The summed E-state index contributed by atoms with van der Waals surface area (Å²) in [5.74, 6) is 3.18. The number of aryl methyl sites for hydroxylation is 3. The Hall–Kier alpha value is -3.01. The van der Waals surface area contributed by atoms with Gasteiger partial charge in [-0.2, -0.15) is 0 Å². The third-order valence-corrected chi connectivity index (χ3v) is 5.81. The minimum absolute atomic E-state index is 0.890. The normalized spacial score (nSPS) is 18.2. The lowest BCUT2D eigenvalue weighted by molar-refractivity contribution is -0.670. The van der Waals surface area contributed by atoms with E-state index in [2.05, 4.69) is 89.4 Å². The number of anilines is 1. The van der Waals surface area contributed by atoms with E-state index in [1.54, 1.807) is 0 Å². The van der Waals surface area contributed by atoms with Crippen LogP contribution >= 0.6 is 0 Å². The van der Waals surface area contributed by atoms with E-state index in [-0.39, 0.29) is 0 Å². The summed E-state index contributed by atoms with van der Waals surface area (Å²) in [5, 5.41) is 0. The van der Waals surface area contributed by atoms with Crippen molar-refractivity contribution in [3.8, 4) is 5.75 Å². The lowest BCUT2D eigenvalue weighted by atomic mass is 10.2. The van der Waals surface area contributed by atoms with Gasteiger partial charge in [0, 0.05) is 18.5 Å². The molecule has 2 aliphatic heterocycles. The predicted molar refractivity (Wildman–Crippen MR) is 113 cm³/mol. The second-order valence-corrected chi connectivity index (χ2v) is 7.47. The summed E-state index contributed by atoms with van der Waals surface area (Å²) >= 11 is 0. The highest BCUT2D eigenvalue weighted by atomic mass is 16.5. The summed E-state index contributed by atoms with van der Waals surface area (Å²) in [6, 6.07) is 15.1. The molecule has 0 atom stereocenters. The Kier molecular flexibility index (Phi) is 4.00. The van der Waals surface area contributed by atoms with Gasteiger partial charge < -0.3 is 9.64 Å². The van der Waals surface area contributed by atoms with E-state index in [0.29, 0.717) is 0 Å². The Balaban J connectivity index is 1.56. The van der Waals surface area contributed by atoms with Crippen molar-refractivity contribution in [3.63, 3.8) is 0 Å². The lowest BCUT2D eigenvalue weighted by Crippen LogP contribution is -2.35. The molecule has 5 rings (SSSR count). The van der Waals surface area contributed by atoms with Crippen molar-refractivity contribution in [1.82, 2.24) is 4.57 Å². The van der Waals surface area contributed by atoms with Crippen LogP contribution in [-0.2, 0) is 13.1 Å². The van der Waals surface area contributed by atoms with Crippen LogP contribution < -0.4 is 14.2 Å². The van der Waals surface area contributed by atoms with E-state index in [1.807, 2.05) is 0 Å². The average Bonchev–Trinajstić information content (AvgIpc) is 3.36. The van der Waals surface area contributed by atoms with Crippen LogP contribution in [0.15, 0.2) is 60.5 Å². The lowest BCUT2D eigenvalue weighted by Gasteiger charge is -2.15. The number of hydrogen-bond donors (Lipinski definition) is 0. The number of fused-ring (bicyclic) bond motifs is 4. The molecule has 0 bridgehead atoms. The van der Waals surface area contributed by atoms with E-state index in [4.69, 9.17) is 4.74 Å². The van der Waals surface area contributed by atoms with Gasteiger partial charge in [-0.05, 0) is 62.8 Å². The first-order valence-corrected chi connectivity index (χ1v) is 10.2. The number of rotatable bonds is 3. The summed E-state index contributed by atoms with van der Waals surface area (Å²) in [4.78, 5) is 2.25. The third kappa shape index (κ3) is 2.48. The van der Waals surface area contributed by atoms with Crippen molar-refractivity contribution >= 4 is 22.3 Å². The zero-order chi connectivity index (χ0) is 19.3. The maximum Gasteiger partial charge on any atom is 0.285 e. The fourth-order valence-corrected chi connectivity index (χ4v) is 4.52. The molecule has 0 amide bonds. The van der Waals surface area contributed by atoms with Gasteiger partial charge in [-0.15, -0.1) is 0 Å². The molecule has 3 aromatic rings. The van der Waals surface area contributed by atoms with Crippen LogP contribution in [0.1, 0.15) is 31.7 Å². The van der Waals surface area contributed by atoms with Crippen LogP contribution in [0, 0.1) is 6.92 Å². The molecule has 0 N–H and O–H groups in total. The smallest absolute Gasteiger partial charge is 0.285 e. The number of hydrogen-bond acceptors (Lipinski definition) is 2. The largest absolute Gasteiger partial charge is 0.439 e. The molecule has 1 aromatic heterocycles. The molecule has 0 fully saturated rings. The van der Waals surface area contributed by atoms with Gasteiger partial charge in [0.25, 0.3) is 5.82 Å². The fraction of sp³-hybridized carbons (Fsp3) is 0.292. The number of para-hydroxylation sites is 2. The number of benzene rings is 2. The van der Waals surface area contributed by atoms with E-state index in [0.717, 1.165) is 43.4 Å². The minimum Gasteiger partial charge on any atom is -0.439 e. The summed E-state index contributed by atoms with van der Waals surface area (Å²) in [6.07, 6.45) is 5.45. The van der Waals surface area contributed by atoms with Crippen LogP contribution in [-0.4, -0.2) is 11.1 Å². The first kappa shape index (κ1) is 17.1. The van der Waals surface area contributed by atoms with E-state index >= 15 is 0 Å². The quantitative estimate of drug-likeness (QED) is 0.616. The summed E-state index contributed by atoms with van der Waals surface area (Å²) in [5.41, 5.74) is 6.43. The predicted octanol–water partition coefficient (Wildman–Crippen LogP) is 4.80. The van der Waals surface area contributed by atoms with E-state index in [1.165, 1.54) is 28.0 Å². The van der Waals surface area contributed by atoms with Crippen molar-refractivity contribution in [2.24, 2.45) is 0 Å². The summed E-state index contributed by atoms with van der Waals surface area (Å²) < 4.78 is 11.0. The number of nitrogens with zero attached hydrogens (tertiary/aromatic N) is 3. The standard InChI is InChI=1S/C24H26N3O/c1-4-25-21-16-17(3)10-12-22(21)28-23(25)13-11-18-14-15-27-20-9-7-6-8-19(20)26(5-2)24(18)27/h6-13,16H,4-5,14-15H2,1-3H3/q+1. The molecule has 3 heterocycles. The number of aromatic nitrogens is 2. The zero-order valence-electron chi connectivity index (χ0n) is 16.8. The zero-order valence-corrected chi connectivity index (χ0v) is 16.8. The van der Waals surface area contributed by atoms with Crippen LogP contribution in [0.5, 0.6) is 5.75 Å². The number of ether oxygens (including phenoxy) is 1. The minimum atomic E-state index is 0.890. The summed E-state index contributed by atoms with van der Waals surface area (Å²) in [6.45, 7) is 9.41. The van der Waals surface area contributed by atoms with Gasteiger partial charge >= 0.3 is 0 Å². The first-order chi connectivity index (χ1) is 13.7. The molecule has 142 valence electrons. The van der Waals surface area contributed by atoms with Gasteiger partial charge in [0.15, 0.2) is 16.8 Å². The van der Waals surface area contributed by atoms with Crippen molar-refractivity contribution in [1.29, 1.82) is 0 Å². The fourth-order valence-electron chi connectivity index (χ4n) is 4.52. The van der Waals surface area contributed by atoms with Crippen LogP contribution in [0.4, 0.5) is 5.69 Å². The molecule has 28 heavy (non-hydrogen) atoms. The SMILES string of the molecule is CCN1/C(=C/C=C2/CCn3c2[n+](CC)c2ccccc23)Oc2ccc(C)cc21. The number of allylic oxidation sites excluding steroid dienone is 3. The average molecular weight is 372 g/mol. The maximum atomic E-state index is 6.16. The molecule has 2 aromatic carbocycles. The van der Waals surface area contributed by atoms with E-state index < -0.39 is 0 Å². The van der Waals surface area contributed by atoms with Crippen molar-refractivity contribution < 1.29 is 9.30 Å². The molecule has 2 aliphatic rings. The number of imidazole rings is 1. The highest BCUT2D eigenvalue weighted by Crippen LogP contribution is 2.39. The van der Waals surface area contributed by atoms with E-state index in [9.17, 15) is 0 Å². The van der Waals surface area contributed by atoms with Crippen LogP contribution in [0.3, 0.4) is 0 Å². The molecular formula is C24H26N3O+. The molecule has 0 spiro atoms. The van der Waals surface area contributed by atoms with Gasteiger partial charge in [0.05, 0.1) is 18.8 Å². The molecular weight excluding hydrogens is 346 g/mol. The molecule has 0 aliphatic carbocycles. The topological polar surface area (TPSA) is 21.3 Å². The Bertz CT molecular complexity index is 1120. The van der Waals surface area contributed by atoms with Crippen molar-refractivity contribution in [2.45, 2.75) is 40.3 Å². The monoisotopic (exact) mass is 372 g/mol. The summed E-state index contributed by atoms with van der Waals surface area (Å²) in [7, 11) is 0. The van der Waals surface area contributed by atoms with Crippen molar-refractivity contribution in [2.75, 3.05) is 11.4 Å².